The molecule has 2 amide bonds. The number of hydrogen-bond acceptors (Lipinski definition) is 4. The van der Waals surface area contributed by atoms with Crippen LogP contribution in [-0.2, 0) is 6.42 Å². The first-order chi connectivity index (χ1) is 13.2. The first-order valence-electron chi connectivity index (χ1n) is 8.52. The molecule has 6 nitrogen and oxygen atoms in total. The molecule has 138 valence electrons. The Balaban J connectivity index is 1.49. The van der Waals surface area contributed by atoms with E-state index in [4.69, 9.17) is 9.15 Å². The monoisotopic (exact) mass is 364 g/mol. The molecule has 0 saturated carbocycles. The van der Waals surface area contributed by atoms with E-state index in [0.29, 0.717) is 17.8 Å². The molecule has 0 radical (unpaired) electrons. The van der Waals surface area contributed by atoms with E-state index in [1.807, 2.05) is 24.3 Å². The molecule has 0 atom stereocenters. The molecule has 0 aliphatic rings. The maximum absolute atomic E-state index is 12.2. The molecule has 0 spiro atoms. The number of hydrogen-bond donors (Lipinski definition) is 2. The second-order valence-electron chi connectivity index (χ2n) is 5.86. The highest BCUT2D eigenvalue weighted by molar-refractivity contribution is 6.02. The summed E-state index contributed by atoms with van der Waals surface area (Å²) in [7, 11) is 1.63. The summed E-state index contributed by atoms with van der Waals surface area (Å²) in [5.74, 6) is 0.543. The zero-order chi connectivity index (χ0) is 19.1. The van der Waals surface area contributed by atoms with E-state index in [1.54, 1.807) is 43.5 Å². The molecule has 3 rings (SSSR count). The molecule has 1 heterocycles. The van der Waals surface area contributed by atoms with Crippen molar-refractivity contribution in [3.8, 4) is 5.75 Å². The molecular formula is C21H20N2O4. The van der Waals surface area contributed by atoms with Crippen molar-refractivity contribution in [1.29, 1.82) is 0 Å². The van der Waals surface area contributed by atoms with Gasteiger partial charge in [-0.15, -0.1) is 0 Å². The molecular weight excluding hydrogens is 344 g/mol. The molecule has 0 unspecified atom stereocenters. The van der Waals surface area contributed by atoms with E-state index in [-0.39, 0.29) is 17.6 Å². The fraction of sp³-hybridized carbons (Fsp3) is 0.143. The van der Waals surface area contributed by atoms with Crippen LogP contribution in [0, 0.1) is 0 Å². The number of anilines is 1. The molecule has 0 aliphatic heterocycles. The van der Waals surface area contributed by atoms with Gasteiger partial charge >= 0.3 is 0 Å². The number of carbonyl (C=O) groups excluding carboxylic acids is 2. The summed E-state index contributed by atoms with van der Waals surface area (Å²) in [5.41, 5.74) is 2.24. The van der Waals surface area contributed by atoms with Crippen LogP contribution in [0.1, 0.15) is 26.5 Å². The number of ether oxygens (including phenoxy) is 1. The largest absolute Gasteiger partial charge is 0.497 e. The average molecular weight is 364 g/mol. The van der Waals surface area contributed by atoms with Gasteiger partial charge in [-0.2, -0.15) is 0 Å². The topological polar surface area (TPSA) is 80.6 Å². The van der Waals surface area contributed by atoms with Crippen LogP contribution < -0.4 is 15.4 Å². The highest BCUT2D eigenvalue weighted by Gasteiger charge is 2.10. The number of methoxy groups -OCH3 is 1. The normalized spacial score (nSPS) is 10.3. The van der Waals surface area contributed by atoms with Gasteiger partial charge in [-0.3, -0.25) is 9.59 Å². The van der Waals surface area contributed by atoms with E-state index in [1.165, 1.54) is 6.26 Å². The Hall–Kier alpha value is -3.54. The Kier molecular flexibility index (Phi) is 5.89. The van der Waals surface area contributed by atoms with Crippen molar-refractivity contribution >= 4 is 17.5 Å². The third-order valence-electron chi connectivity index (χ3n) is 4.01. The molecule has 0 saturated heterocycles. The van der Waals surface area contributed by atoms with Crippen molar-refractivity contribution in [3.05, 3.63) is 83.8 Å². The van der Waals surface area contributed by atoms with Crippen LogP contribution in [-0.4, -0.2) is 25.5 Å². The molecule has 3 aromatic rings. The summed E-state index contributed by atoms with van der Waals surface area (Å²) in [6.45, 7) is 0.530. The lowest BCUT2D eigenvalue weighted by atomic mass is 10.1. The van der Waals surface area contributed by atoms with Crippen LogP contribution in [0.15, 0.2) is 71.3 Å². The lowest BCUT2D eigenvalue weighted by molar-refractivity contribution is 0.0953. The smallest absolute Gasteiger partial charge is 0.291 e. The van der Waals surface area contributed by atoms with Gasteiger partial charge in [0.1, 0.15) is 5.75 Å². The second kappa shape index (κ2) is 8.71. The average Bonchev–Trinajstić information content (AvgIpc) is 3.24. The summed E-state index contributed by atoms with van der Waals surface area (Å²) in [6.07, 6.45) is 2.17. The minimum Gasteiger partial charge on any atom is -0.497 e. The summed E-state index contributed by atoms with van der Waals surface area (Å²) in [6, 6.07) is 17.7. The van der Waals surface area contributed by atoms with Crippen LogP contribution in [0.25, 0.3) is 0 Å². The van der Waals surface area contributed by atoms with Gasteiger partial charge in [0.2, 0.25) is 0 Å². The zero-order valence-corrected chi connectivity index (χ0v) is 14.9. The van der Waals surface area contributed by atoms with Gasteiger partial charge in [-0.25, -0.2) is 0 Å². The molecule has 0 aliphatic carbocycles. The molecule has 27 heavy (non-hydrogen) atoms. The predicted molar refractivity (Wildman–Crippen MR) is 102 cm³/mol. The Morgan fingerprint density at radius 3 is 2.33 bits per heavy atom. The van der Waals surface area contributed by atoms with Crippen molar-refractivity contribution in [2.75, 3.05) is 19.0 Å². The zero-order valence-electron chi connectivity index (χ0n) is 14.9. The summed E-state index contributed by atoms with van der Waals surface area (Å²) >= 11 is 0. The lowest BCUT2D eigenvalue weighted by Crippen LogP contribution is -2.25. The van der Waals surface area contributed by atoms with Gasteiger partial charge in [0.25, 0.3) is 11.8 Å². The fourth-order valence-electron chi connectivity index (χ4n) is 2.52. The Morgan fingerprint density at radius 1 is 0.963 bits per heavy atom. The van der Waals surface area contributed by atoms with Crippen LogP contribution in [0.5, 0.6) is 5.75 Å². The molecule has 2 N–H and O–H groups in total. The van der Waals surface area contributed by atoms with Crippen molar-refractivity contribution in [1.82, 2.24) is 5.32 Å². The Bertz CT molecular complexity index is 885. The first kappa shape index (κ1) is 18.3. The van der Waals surface area contributed by atoms with Gasteiger partial charge in [-0.1, -0.05) is 12.1 Å². The summed E-state index contributed by atoms with van der Waals surface area (Å²) in [5, 5.41) is 5.60. The minimum absolute atomic E-state index is 0.160. The number of nitrogens with one attached hydrogen (secondary N) is 2. The van der Waals surface area contributed by atoms with E-state index < -0.39 is 0 Å². The van der Waals surface area contributed by atoms with Crippen molar-refractivity contribution < 1.29 is 18.7 Å². The van der Waals surface area contributed by atoms with E-state index in [2.05, 4.69) is 10.6 Å². The number of carbonyl (C=O) groups is 2. The van der Waals surface area contributed by atoms with E-state index >= 15 is 0 Å². The van der Waals surface area contributed by atoms with Crippen molar-refractivity contribution in [2.45, 2.75) is 6.42 Å². The van der Waals surface area contributed by atoms with Gasteiger partial charge in [0.05, 0.1) is 13.4 Å². The predicted octanol–water partition coefficient (Wildman–Crippen LogP) is 3.51. The number of amides is 2. The SMILES string of the molecule is COc1ccc(CCNC(=O)c2ccc(NC(=O)c3ccco3)cc2)cc1. The highest BCUT2D eigenvalue weighted by Crippen LogP contribution is 2.13. The Morgan fingerprint density at radius 2 is 1.70 bits per heavy atom. The molecule has 0 bridgehead atoms. The van der Waals surface area contributed by atoms with Crippen LogP contribution >= 0.6 is 0 Å². The van der Waals surface area contributed by atoms with Gasteiger partial charge in [0, 0.05) is 17.8 Å². The van der Waals surface area contributed by atoms with Crippen LogP contribution in [0.2, 0.25) is 0 Å². The molecule has 1 aromatic heterocycles. The summed E-state index contributed by atoms with van der Waals surface area (Å²) < 4.78 is 10.2. The van der Waals surface area contributed by atoms with Gasteiger partial charge in [-0.05, 0) is 60.5 Å². The second-order valence-corrected chi connectivity index (χ2v) is 5.86. The number of benzene rings is 2. The highest BCUT2D eigenvalue weighted by atomic mass is 16.5. The maximum Gasteiger partial charge on any atom is 0.291 e. The van der Waals surface area contributed by atoms with E-state index in [0.717, 1.165) is 17.7 Å². The van der Waals surface area contributed by atoms with Gasteiger partial charge in [0.15, 0.2) is 5.76 Å². The Labute approximate surface area is 157 Å². The standard InChI is InChI=1S/C21H20N2O4/c1-26-18-10-4-15(5-11-18)12-13-22-20(24)16-6-8-17(9-7-16)23-21(25)19-3-2-14-27-19/h2-11,14H,12-13H2,1H3,(H,22,24)(H,23,25). The van der Waals surface area contributed by atoms with E-state index in [9.17, 15) is 9.59 Å². The van der Waals surface area contributed by atoms with Crippen molar-refractivity contribution in [3.63, 3.8) is 0 Å². The fourth-order valence-corrected chi connectivity index (χ4v) is 2.52. The van der Waals surface area contributed by atoms with Crippen molar-refractivity contribution in [2.24, 2.45) is 0 Å². The third kappa shape index (κ3) is 4.98. The first-order valence-corrected chi connectivity index (χ1v) is 8.52. The number of furan rings is 1. The number of rotatable bonds is 7. The quantitative estimate of drug-likeness (QED) is 0.672. The molecule has 0 fully saturated rings. The molecule has 6 heteroatoms. The molecule has 2 aromatic carbocycles. The third-order valence-corrected chi connectivity index (χ3v) is 4.01. The minimum atomic E-state index is -0.336. The van der Waals surface area contributed by atoms with Crippen LogP contribution in [0.4, 0.5) is 5.69 Å². The lowest BCUT2D eigenvalue weighted by Gasteiger charge is -2.08. The van der Waals surface area contributed by atoms with Gasteiger partial charge < -0.3 is 19.8 Å². The maximum atomic E-state index is 12.2. The van der Waals surface area contributed by atoms with Crippen LogP contribution in [0.3, 0.4) is 0 Å². The summed E-state index contributed by atoms with van der Waals surface area (Å²) in [4.78, 5) is 24.1.